The second-order valence-corrected chi connectivity index (χ2v) is 6.10. The van der Waals surface area contributed by atoms with Crippen LogP contribution >= 0.6 is 0 Å². The van der Waals surface area contributed by atoms with Crippen molar-refractivity contribution in [3.8, 4) is 0 Å². The molecule has 6 nitrogen and oxygen atoms in total. The van der Waals surface area contributed by atoms with Gasteiger partial charge in [0, 0.05) is 24.0 Å². The van der Waals surface area contributed by atoms with Crippen LogP contribution in [0.3, 0.4) is 0 Å². The first-order chi connectivity index (χ1) is 11.0. The van der Waals surface area contributed by atoms with E-state index < -0.39 is 5.41 Å². The highest BCUT2D eigenvalue weighted by atomic mass is 16.2. The van der Waals surface area contributed by atoms with E-state index in [0.29, 0.717) is 36.8 Å². The molecule has 0 bridgehead atoms. The molecular weight excluding hydrogens is 292 g/mol. The summed E-state index contributed by atoms with van der Waals surface area (Å²) < 4.78 is 0. The highest BCUT2D eigenvalue weighted by Gasteiger charge is 2.33. The van der Waals surface area contributed by atoms with Crippen molar-refractivity contribution in [2.75, 3.05) is 17.2 Å². The molecule has 0 aliphatic heterocycles. The molecule has 0 spiro atoms. The number of urea groups is 1. The van der Waals surface area contributed by atoms with Crippen molar-refractivity contribution in [2.24, 2.45) is 11.1 Å². The molecule has 0 atom stereocenters. The third-order valence-electron chi connectivity index (χ3n) is 4.54. The zero-order valence-electron chi connectivity index (χ0n) is 13.8. The van der Waals surface area contributed by atoms with Gasteiger partial charge in [-0.3, -0.25) is 4.79 Å². The van der Waals surface area contributed by atoms with Crippen molar-refractivity contribution in [1.29, 1.82) is 0 Å². The van der Waals surface area contributed by atoms with E-state index in [1.54, 1.807) is 24.3 Å². The molecule has 2 rings (SSSR count). The lowest BCUT2D eigenvalue weighted by Gasteiger charge is -2.28. The van der Waals surface area contributed by atoms with Gasteiger partial charge in [0.05, 0.1) is 5.41 Å². The van der Waals surface area contributed by atoms with Crippen LogP contribution in [0.4, 0.5) is 16.2 Å². The molecule has 126 valence electrons. The number of hydrogen-bond acceptors (Lipinski definition) is 3. The molecule has 23 heavy (non-hydrogen) atoms. The predicted octanol–water partition coefficient (Wildman–Crippen LogP) is 2.67. The molecule has 0 saturated heterocycles. The summed E-state index contributed by atoms with van der Waals surface area (Å²) in [7, 11) is 0. The number of amides is 3. The average molecular weight is 318 g/mol. The molecule has 0 heterocycles. The topological polar surface area (TPSA) is 96.2 Å². The minimum atomic E-state index is -0.527. The summed E-state index contributed by atoms with van der Waals surface area (Å²) in [6.45, 7) is 4.27. The van der Waals surface area contributed by atoms with Gasteiger partial charge in [-0.1, -0.05) is 13.8 Å². The third-order valence-corrected chi connectivity index (χ3v) is 4.54. The Kier molecular flexibility index (Phi) is 5.60. The van der Waals surface area contributed by atoms with Crippen molar-refractivity contribution in [3.63, 3.8) is 0 Å². The zero-order chi connectivity index (χ0) is 16.9. The van der Waals surface area contributed by atoms with E-state index >= 15 is 0 Å². The molecule has 1 aromatic carbocycles. The van der Waals surface area contributed by atoms with Gasteiger partial charge in [-0.05, 0) is 49.9 Å². The minimum Gasteiger partial charge on any atom is -0.335 e. The fraction of sp³-hybridized carbons (Fsp3) is 0.529. The number of carbonyl (C=O) groups is 2. The summed E-state index contributed by atoms with van der Waals surface area (Å²) in [5.41, 5.74) is 6.65. The summed E-state index contributed by atoms with van der Waals surface area (Å²) in [5.74, 6) is -0.0582. The Balaban J connectivity index is 1.93. The molecular formula is C17H26N4O2. The monoisotopic (exact) mass is 318 g/mol. The molecule has 0 aromatic heterocycles. The Bertz CT molecular complexity index is 540. The first-order valence-electron chi connectivity index (χ1n) is 8.22. The van der Waals surface area contributed by atoms with Crippen LogP contribution in [0, 0.1) is 5.41 Å². The van der Waals surface area contributed by atoms with Crippen LogP contribution in [-0.4, -0.2) is 24.5 Å². The summed E-state index contributed by atoms with van der Waals surface area (Å²) in [6, 6.07) is 7.22. The number of nitrogens with one attached hydrogen (secondary N) is 3. The highest BCUT2D eigenvalue weighted by molar-refractivity contribution is 5.96. The summed E-state index contributed by atoms with van der Waals surface area (Å²) >= 11 is 0. The smallest absolute Gasteiger partial charge is 0.319 e. The molecule has 1 saturated carbocycles. The largest absolute Gasteiger partial charge is 0.335 e. The normalized spacial score (nSPS) is 14.2. The van der Waals surface area contributed by atoms with Crippen molar-refractivity contribution in [2.45, 2.75) is 45.6 Å². The maximum Gasteiger partial charge on any atom is 0.319 e. The molecule has 1 aliphatic rings. The van der Waals surface area contributed by atoms with E-state index in [0.717, 1.165) is 12.8 Å². The molecule has 6 heteroatoms. The van der Waals surface area contributed by atoms with Crippen LogP contribution in [0.25, 0.3) is 0 Å². The third kappa shape index (κ3) is 4.45. The van der Waals surface area contributed by atoms with Crippen molar-refractivity contribution < 1.29 is 9.59 Å². The lowest BCUT2D eigenvalue weighted by Crippen LogP contribution is -2.41. The molecule has 0 radical (unpaired) electrons. The predicted molar refractivity (Wildman–Crippen MR) is 92.3 cm³/mol. The van der Waals surface area contributed by atoms with Gasteiger partial charge in [0.2, 0.25) is 5.91 Å². The van der Waals surface area contributed by atoms with E-state index in [1.165, 1.54) is 0 Å². The first kappa shape index (κ1) is 17.3. The van der Waals surface area contributed by atoms with Crippen LogP contribution in [0.15, 0.2) is 24.3 Å². The van der Waals surface area contributed by atoms with Crippen LogP contribution in [-0.2, 0) is 4.79 Å². The van der Waals surface area contributed by atoms with Gasteiger partial charge in [0.25, 0.3) is 0 Å². The molecule has 3 amide bonds. The van der Waals surface area contributed by atoms with Gasteiger partial charge in [0.15, 0.2) is 0 Å². The number of rotatable bonds is 7. The Morgan fingerprint density at radius 3 is 2.04 bits per heavy atom. The summed E-state index contributed by atoms with van der Waals surface area (Å²) in [5, 5.41) is 8.54. The van der Waals surface area contributed by atoms with Crippen molar-refractivity contribution >= 4 is 23.3 Å². The Labute approximate surface area is 137 Å². The quantitative estimate of drug-likeness (QED) is 0.622. The van der Waals surface area contributed by atoms with Gasteiger partial charge in [-0.15, -0.1) is 0 Å². The van der Waals surface area contributed by atoms with E-state index in [1.807, 2.05) is 13.8 Å². The van der Waals surface area contributed by atoms with Gasteiger partial charge in [-0.25, -0.2) is 4.79 Å². The maximum absolute atomic E-state index is 12.4. The van der Waals surface area contributed by atoms with Gasteiger partial charge < -0.3 is 21.7 Å². The Morgan fingerprint density at radius 1 is 1.09 bits per heavy atom. The van der Waals surface area contributed by atoms with E-state index in [4.69, 9.17) is 5.73 Å². The second-order valence-electron chi connectivity index (χ2n) is 6.10. The molecule has 1 aliphatic carbocycles. The number of hydrogen-bond donors (Lipinski definition) is 4. The zero-order valence-corrected chi connectivity index (χ0v) is 13.8. The minimum absolute atomic E-state index is 0.0582. The Morgan fingerprint density at radius 2 is 1.61 bits per heavy atom. The lowest BCUT2D eigenvalue weighted by molar-refractivity contribution is -0.125. The summed E-state index contributed by atoms with van der Waals surface area (Å²) in [4.78, 5) is 24.1. The van der Waals surface area contributed by atoms with Crippen LogP contribution in [0.2, 0.25) is 0 Å². The number of benzene rings is 1. The lowest BCUT2D eigenvalue weighted by atomic mass is 9.81. The van der Waals surface area contributed by atoms with Crippen LogP contribution in [0.1, 0.15) is 39.5 Å². The van der Waals surface area contributed by atoms with Crippen LogP contribution in [0.5, 0.6) is 0 Å². The first-order valence-corrected chi connectivity index (χ1v) is 8.22. The van der Waals surface area contributed by atoms with Crippen LogP contribution < -0.4 is 21.7 Å². The second kappa shape index (κ2) is 7.46. The maximum atomic E-state index is 12.4. The standard InChI is InChI=1S/C17H26N4O2/c1-3-17(4-2,11-18)15(22)19-12-5-7-13(8-6-12)20-16(23)21-14-9-10-14/h5-8,14H,3-4,9-11,18H2,1-2H3,(H,19,22)(H2,20,21,23). The van der Waals surface area contributed by atoms with Gasteiger partial charge in [-0.2, -0.15) is 0 Å². The van der Waals surface area contributed by atoms with E-state index in [9.17, 15) is 9.59 Å². The summed E-state index contributed by atoms with van der Waals surface area (Å²) in [6.07, 6.45) is 3.51. The molecule has 1 fully saturated rings. The molecule has 1 aromatic rings. The number of anilines is 2. The average Bonchev–Trinajstić information content (AvgIpc) is 3.35. The number of carbonyl (C=O) groups excluding carboxylic acids is 2. The van der Waals surface area contributed by atoms with Gasteiger partial charge >= 0.3 is 6.03 Å². The fourth-order valence-corrected chi connectivity index (χ4v) is 2.43. The van der Waals surface area contributed by atoms with Gasteiger partial charge in [0.1, 0.15) is 0 Å². The van der Waals surface area contributed by atoms with Crippen molar-refractivity contribution in [1.82, 2.24) is 5.32 Å². The molecule has 5 N–H and O–H groups in total. The fourth-order valence-electron chi connectivity index (χ4n) is 2.43. The van der Waals surface area contributed by atoms with Crippen molar-refractivity contribution in [3.05, 3.63) is 24.3 Å². The highest BCUT2D eigenvalue weighted by Crippen LogP contribution is 2.27. The number of nitrogens with two attached hydrogens (primary N) is 1. The SMILES string of the molecule is CCC(CC)(CN)C(=O)Nc1ccc(NC(=O)NC2CC2)cc1. The van der Waals surface area contributed by atoms with E-state index in [-0.39, 0.29) is 11.9 Å². The Hall–Kier alpha value is -2.08. The molecule has 0 unspecified atom stereocenters. The van der Waals surface area contributed by atoms with E-state index in [2.05, 4.69) is 16.0 Å².